The molecule has 0 amide bonds. The van der Waals surface area contributed by atoms with Gasteiger partial charge < -0.3 is 10.3 Å². The summed E-state index contributed by atoms with van der Waals surface area (Å²) in [5, 5.41) is 3.48. The Labute approximate surface area is 100 Å². The van der Waals surface area contributed by atoms with Gasteiger partial charge in [0.1, 0.15) is 0 Å². The standard InChI is InChI=1S/C12H16ClN3/c1-8(13)7-9(2)14-12-15-10-5-3-4-6-11(10)16-12/h3-6,8-9H,7H2,1-2H3,(H2,14,15,16). The van der Waals surface area contributed by atoms with Crippen LogP contribution in [0.2, 0.25) is 0 Å². The number of H-pyrrole nitrogens is 1. The zero-order valence-corrected chi connectivity index (χ0v) is 10.3. The molecule has 2 N–H and O–H groups in total. The number of nitrogens with one attached hydrogen (secondary N) is 2. The largest absolute Gasteiger partial charge is 0.353 e. The molecule has 3 nitrogen and oxygen atoms in total. The lowest BCUT2D eigenvalue weighted by molar-refractivity contribution is 0.691. The number of para-hydroxylation sites is 2. The van der Waals surface area contributed by atoms with Crippen LogP contribution in [0, 0.1) is 0 Å². The van der Waals surface area contributed by atoms with Crippen molar-refractivity contribution in [2.24, 2.45) is 0 Å². The van der Waals surface area contributed by atoms with Crippen molar-refractivity contribution >= 4 is 28.6 Å². The Balaban J connectivity index is 2.09. The van der Waals surface area contributed by atoms with Gasteiger partial charge in [0.05, 0.1) is 11.0 Å². The summed E-state index contributed by atoms with van der Waals surface area (Å²) in [6, 6.07) is 8.30. The molecule has 0 radical (unpaired) electrons. The highest BCUT2D eigenvalue weighted by atomic mass is 35.5. The van der Waals surface area contributed by atoms with Gasteiger partial charge in [-0.1, -0.05) is 12.1 Å². The van der Waals surface area contributed by atoms with Crippen molar-refractivity contribution in [3.05, 3.63) is 24.3 Å². The molecule has 86 valence electrons. The second-order valence-corrected chi connectivity index (χ2v) is 4.91. The Bertz CT molecular complexity index is 431. The molecular weight excluding hydrogens is 222 g/mol. The highest BCUT2D eigenvalue weighted by Gasteiger charge is 2.08. The first-order chi connectivity index (χ1) is 7.65. The third-order valence-corrected chi connectivity index (χ3v) is 2.63. The van der Waals surface area contributed by atoms with Gasteiger partial charge in [-0.25, -0.2) is 4.98 Å². The maximum atomic E-state index is 5.95. The van der Waals surface area contributed by atoms with E-state index >= 15 is 0 Å². The molecule has 1 heterocycles. The minimum absolute atomic E-state index is 0.173. The Hall–Kier alpha value is -1.22. The maximum Gasteiger partial charge on any atom is 0.201 e. The van der Waals surface area contributed by atoms with E-state index in [1.165, 1.54) is 0 Å². The molecule has 0 saturated heterocycles. The number of alkyl halides is 1. The van der Waals surface area contributed by atoms with Crippen molar-refractivity contribution in [3.63, 3.8) is 0 Å². The molecule has 0 bridgehead atoms. The van der Waals surface area contributed by atoms with Crippen LogP contribution in [0.3, 0.4) is 0 Å². The van der Waals surface area contributed by atoms with Gasteiger partial charge in [0.2, 0.25) is 5.95 Å². The molecule has 0 spiro atoms. The van der Waals surface area contributed by atoms with Crippen molar-refractivity contribution in [1.82, 2.24) is 9.97 Å². The van der Waals surface area contributed by atoms with E-state index in [0.717, 1.165) is 23.4 Å². The second kappa shape index (κ2) is 4.74. The second-order valence-electron chi connectivity index (χ2n) is 4.16. The molecule has 2 aromatic rings. The van der Waals surface area contributed by atoms with Gasteiger partial charge in [-0.15, -0.1) is 11.6 Å². The topological polar surface area (TPSA) is 40.7 Å². The van der Waals surface area contributed by atoms with Crippen LogP contribution < -0.4 is 5.32 Å². The summed E-state index contributed by atoms with van der Waals surface area (Å²) in [7, 11) is 0. The Morgan fingerprint density at radius 3 is 2.81 bits per heavy atom. The zero-order chi connectivity index (χ0) is 11.5. The van der Waals surface area contributed by atoms with Gasteiger partial charge >= 0.3 is 0 Å². The molecule has 16 heavy (non-hydrogen) atoms. The third kappa shape index (κ3) is 2.67. The van der Waals surface area contributed by atoms with Gasteiger partial charge in [0, 0.05) is 11.4 Å². The van der Waals surface area contributed by atoms with Crippen molar-refractivity contribution in [2.45, 2.75) is 31.7 Å². The lowest BCUT2D eigenvalue weighted by Gasteiger charge is -2.13. The third-order valence-electron chi connectivity index (χ3n) is 2.45. The summed E-state index contributed by atoms with van der Waals surface area (Å²) in [5.74, 6) is 0.811. The smallest absolute Gasteiger partial charge is 0.201 e. The number of halogens is 1. The Morgan fingerprint density at radius 2 is 2.12 bits per heavy atom. The number of aromatic nitrogens is 2. The number of benzene rings is 1. The Morgan fingerprint density at radius 1 is 1.38 bits per heavy atom. The predicted molar refractivity (Wildman–Crippen MR) is 69.1 cm³/mol. The van der Waals surface area contributed by atoms with Crippen molar-refractivity contribution in [3.8, 4) is 0 Å². The molecule has 2 rings (SSSR count). The maximum absolute atomic E-state index is 5.95. The quantitative estimate of drug-likeness (QED) is 0.801. The van der Waals surface area contributed by atoms with Crippen LogP contribution in [-0.4, -0.2) is 21.4 Å². The summed E-state index contributed by atoms with van der Waals surface area (Å²) >= 11 is 5.95. The molecule has 2 unspecified atom stereocenters. The van der Waals surface area contributed by atoms with Gasteiger partial charge in [0.25, 0.3) is 0 Å². The molecule has 0 aliphatic heterocycles. The average Bonchev–Trinajstić information content (AvgIpc) is 2.57. The zero-order valence-electron chi connectivity index (χ0n) is 9.50. The molecule has 0 fully saturated rings. The van der Waals surface area contributed by atoms with Crippen molar-refractivity contribution in [2.75, 3.05) is 5.32 Å². The summed E-state index contributed by atoms with van der Waals surface area (Å²) in [4.78, 5) is 7.68. The normalized spacial score (nSPS) is 14.9. The fourth-order valence-corrected chi connectivity index (χ4v) is 2.07. The van der Waals surface area contributed by atoms with E-state index in [4.69, 9.17) is 11.6 Å². The first-order valence-electron chi connectivity index (χ1n) is 5.50. The number of imidazole rings is 1. The van der Waals surface area contributed by atoms with E-state index in [0.29, 0.717) is 6.04 Å². The summed E-state index contributed by atoms with van der Waals surface area (Å²) < 4.78 is 0. The summed E-state index contributed by atoms with van der Waals surface area (Å²) in [5.41, 5.74) is 2.03. The summed E-state index contributed by atoms with van der Waals surface area (Å²) in [6.07, 6.45) is 0.915. The van der Waals surface area contributed by atoms with Gasteiger partial charge in [-0.3, -0.25) is 0 Å². The number of nitrogens with zero attached hydrogens (tertiary/aromatic N) is 1. The molecule has 4 heteroatoms. The van der Waals surface area contributed by atoms with Crippen LogP contribution in [0.15, 0.2) is 24.3 Å². The van der Waals surface area contributed by atoms with Crippen LogP contribution in [-0.2, 0) is 0 Å². The molecular formula is C12H16ClN3. The molecule has 1 aromatic carbocycles. The van der Waals surface area contributed by atoms with Crippen LogP contribution in [0.25, 0.3) is 11.0 Å². The van der Waals surface area contributed by atoms with Crippen LogP contribution in [0.5, 0.6) is 0 Å². The monoisotopic (exact) mass is 237 g/mol. The van der Waals surface area contributed by atoms with Gasteiger partial charge in [0.15, 0.2) is 0 Å². The minimum Gasteiger partial charge on any atom is -0.353 e. The number of fused-ring (bicyclic) bond motifs is 1. The van der Waals surface area contributed by atoms with Crippen LogP contribution >= 0.6 is 11.6 Å². The molecule has 0 saturated carbocycles. The number of hydrogen-bond donors (Lipinski definition) is 2. The van der Waals surface area contributed by atoms with E-state index in [9.17, 15) is 0 Å². The first-order valence-corrected chi connectivity index (χ1v) is 5.94. The number of anilines is 1. The van der Waals surface area contributed by atoms with Gasteiger partial charge in [-0.2, -0.15) is 0 Å². The van der Waals surface area contributed by atoms with Crippen LogP contribution in [0.4, 0.5) is 5.95 Å². The fourth-order valence-electron chi connectivity index (χ4n) is 1.80. The van der Waals surface area contributed by atoms with Crippen molar-refractivity contribution in [1.29, 1.82) is 0 Å². The molecule has 0 aliphatic rings. The highest BCUT2D eigenvalue weighted by molar-refractivity contribution is 6.20. The SMILES string of the molecule is CC(Cl)CC(C)Nc1nc2ccccc2[nH]1. The predicted octanol–water partition coefficient (Wildman–Crippen LogP) is 3.38. The van der Waals surface area contributed by atoms with E-state index in [2.05, 4.69) is 22.2 Å². The average molecular weight is 238 g/mol. The molecule has 2 atom stereocenters. The highest BCUT2D eigenvalue weighted by Crippen LogP contribution is 2.15. The lowest BCUT2D eigenvalue weighted by atomic mass is 10.2. The van der Waals surface area contributed by atoms with E-state index in [1.807, 2.05) is 31.2 Å². The minimum atomic E-state index is 0.173. The van der Waals surface area contributed by atoms with E-state index < -0.39 is 0 Å². The van der Waals surface area contributed by atoms with Crippen LogP contribution in [0.1, 0.15) is 20.3 Å². The number of aromatic amines is 1. The number of hydrogen-bond acceptors (Lipinski definition) is 2. The van der Waals surface area contributed by atoms with Crippen molar-refractivity contribution < 1.29 is 0 Å². The van der Waals surface area contributed by atoms with E-state index in [1.54, 1.807) is 0 Å². The Kier molecular flexibility index (Phi) is 3.34. The molecule has 1 aromatic heterocycles. The molecule has 0 aliphatic carbocycles. The number of rotatable bonds is 4. The van der Waals surface area contributed by atoms with E-state index in [-0.39, 0.29) is 5.38 Å². The fraction of sp³-hybridized carbons (Fsp3) is 0.417. The lowest BCUT2D eigenvalue weighted by Crippen LogP contribution is -2.19. The van der Waals surface area contributed by atoms with Gasteiger partial charge in [-0.05, 0) is 32.4 Å². The first kappa shape index (κ1) is 11.3. The summed E-state index contributed by atoms with van der Waals surface area (Å²) in [6.45, 7) is 4.10.